The number of fused-ring (bicyclic) bond motifs is 13. The number of pyridine rings is 3. The van der Waals surface area contributed by atoms with Crippen molar-refractivity contribution in [3.05, 3.63) is 97.6 Å². The van der Waals surface area contributed by atoms with Gasteiger partial charge in [0.2, 0.25) is 0 Å². The number of hydrogen-bond acceptors (Lipinski definition) is 2. The van der Waals surface area contributed by atoms with Crippen molar-refractivity contribution < 1.29 is 0 Å². The van der Waals surface area contributed by atoms with Crippen molar-refractivity contribution in [2.24, 2.45) is 0 Å². The van der Waals surface area contributed by atoms with Gasteiger partial charge in [-0.15, -0.1) is 0 Å². The Labute approximate surface area is 203 Å². The van der Waals surface area contributed by atoms with Crippen LogP contribution in [0.1, 0.15) is 0 Å². The van der Waals surface area contributed by atoms with Gasteiger partial charge in [0.25, 0.3) is 0 Å². The van der Waals surface area contributed by atoms with E-state index in [0.717, 1.165) is 11.0 Å². The van der Waals surface area contributed by atoms with Crippen LogP contribution in [0.15, 0.2) is 97.6 Å². The van der Waals surface area contributed by atoms with Crippen LogP contribution in [0.2, 0.25) is 0 Å². The van der Waals surface area contributed by atoms with Gasteiger partial charge in [0.05, 0.1) is 45.5 Å². The summed E-state index contributed by atoms with van der Waals surface area (Å²) >= 11 is 0. The number of rotatable bonds is 0. The Hall–Kier alpha value is -4.96. The van der Waals surface area contributed by atoms with Gasteiger partial charge in [-0.3, -0.25) is 9.97 Å². The minimum atomic E-state index is 1.13. The van der Waals surface area contributed by atoms with Gasteiger partial charge < -0.3 is 8.80 Å². The molecule has 0 aliphatic rings. The third kappa shape index (κ3) is 1.73. The van der Waals surface area contributed by atoms with Crippen LogP contribution in [-0.2, 0) is 0 Å². The second kappa shape index (κ2) is 5.64. The highest BCUT2D eigenvalue weighted by Gasteiger charge is 2.24. The average Bonchev–Trinajstić information content (AvgIpc) is 3.57. The fraction of sp³-hybridized carbons (Fsp3) is 0. The summed E-state index contributed by atoms with van der Waals surface area (Å²) in [4.78, 5) is 9.01. The third-order valence-electron chi connectivity index (χ3n) is 8.33. The van der Waals surface area contributed by atoms with Gasteiger partial charge in [-0.2, -0.15) is 0 Å². The molecule has 0 saturated heterocycles. The van der Waals surface area contributed by atoms with Crippen LogP contribution in [0.3, 0.4) is 0 Å². The SMILES string of the molecule is c1cc2ccc3c4ccccc4n4c5cc6c7ccncc7n7c8cnccc8c(c5c(c1)c2c34)c67. The monoisotopic (exact) mass is 456 g/mol. The molecule has 0 bridgehead atoms. The molecule has 10 rings (SSSR count). The Kier molecular flexibility index (Phi) is 2.74. The summed E-state index contributed by atoms with van der Waals surface area (Å²) in [7, 11) is 0. The molecule has 4 aromatic carbocycles. The van der Waals surface area contributed by atoms with E-state index in [1.54, 1.807) is 0 Å². The third-order valence-corrected chi connectivity index (χ3v) is 8.33. The first-order valence-electron chi connectivity index (χ1n) is 12.3. The molecule has 0 N–H and O–H groups in total. The lowest BCUT2D eigenvalue weighted by molar-refractivity contribution is 1.27. The second-order valence-electron chi connectivity index (χ2n) is 9.88. The van der Waals surface area contributed by atoms with E-state index in [-0.39, 0.29) is 0 Å². The number of benzene rings is 4. The highest BCUT2D eigenvalue weighted by molar-refractivity contribution is 6.38. The molecule has 4 heteroatoms. The largest absolute Gasteiger partial charge is 0.308 e. The number of hydrogen-bond donors (Lipinski definition) is 0. The number of aromatic nitrogens is 4. The Bertz CT molecular complexity index is 2530. The van der Waals surface area contributed by atoms with E-state index in [1.807, 2.05) is 24.8 Å². The molecule has 0 amide bonds. The molecular formula is C32H16N4. The molecule has 0 aliphatic carbocycles. The molecule has 0 atom stereocenters. The van der Waals surface area contributed by atoms with E-state index in [4.69, 9.17) is 0 Å². The molecule has 4 nitrogen and oxygen atoms in total. The second-order valence-corrected chi connectivity index (χ2v) is 9.88. The summed E-state index contributed by atoms with van der Waals surface area (Å²) in [5.41, 5.74) is 7.31. The smallest absolute Gasteiger partial charge is 0.0725 e. The minimum absolute atomic E-state index is 1.13. The quantitative estimate of drug-likeness (QED) is 0.171. The fourth-order valence-corrected chi connectivity index (χ4v) is 7.03. The van der Waals surface area contributed by atoms with Gasteiger partial charge in [0.1, 0.15) is 0 Å². The summed E-state index contributed by atoms with van der Waals surface area (Å²) in [6, 6.07) is 26.8. The van der Waals surface area contributed by atoms with Crippen LogP contribution in [0.25, 0.3) is 87.0 Å². The van der Waals surface area contributed by atoms with Crippen LogP contribution >= 0.6 is 0 Å². The molecule has 6 aromatic heterocycles. The highest BCUT2D eigenvalue weighted by Crippen LogP contribution is 2.48. The van der Waals surface area contributed by atoms with Crippen LogP contribution in [0.5, 0.6) is 0 Å². The zero-order valence-corrected chi connectivity index (χ0v) is 19.0. The van der Waals surface area contributed by atoms with Crippen molar-refractivity contribution in [1.82, 2.24) is 18.8 Å². The topological polar surface area (TPSA) is 34.6 Å². The summed E-state index contributed by atoms with van der Waals surface area (Å²) in [5.74, 6) is 0. The van der Waals surface area contributed by atoms with Gasteiger partial charge in [0.15, 0.2) is 0 Å². The summed E-state index contributed by atoms with van der Waals surface area (Å²) in [6.07, 6.45) is 7.79. The molecule has 10 aromatic rings. The minimum Gasteiger partial charge on any atom is -0.308 e. The Morgan fingerprint density at radius 2 is 1.17 bits per heavy atom. The number of nitrogens with zero attached hydrogens (tertiary/aromatic N) is 4. The van der Waals surface area contributed by atoms with Crippen molar-refractivity contribution in [3.63, 3.8) is 0 Å². The molecule has 0 spiro atoms. The Morgan fingerprint density at radius 3 is 2.08 bits per heavy atom. The average molecular weight is 457 g/mol. The first-order valence-corrected chi connectivity index (χ1v) is 12.3. The predicted octanol–water partition coefficient (Wildman–Crippen LogP) is 7.93. The standard InChI is InChI=1S/C32H16N4/c1-2-7-24-18(5-1)20-9-8-17-4-3-6-22-28(17)31(20)35(24)25-14-23-19-10-12-33-15-26(19)36-27-16-34-13-11-21(27)30(29(22)25)32(23)36/h1-16H. The van der Waals surface area contributed by atoms with E-state index in [0.29, 0.717) is 0 Å². The van der Waals surface area contributed by atoms with Crippen LogP contribution in [0, 0.1) is 0 Å². The lowest BCUT2D eigenvalue weighted by atomic mass is 9.95. The molecule has 0 aliphatic heterocycles. The van der Waals surface area contributed by atoms with Crippen molar-refractivity contribution in [3.8, 4) is 0 Å². The maximum Gasteiger partial charge on any atom is 0.0725 e. The summed E-state index contributed by atoms with van der Waals surface area (Å²) in [5, 5.41) is 12.8. The lowest BCUT2D eigenvalue weighted by Gasteiger charge is -2.14. The van der Waals surface area contributed by atoms with Crippen molar-refractivity contribution in [1.29, 1.82) is 0 Å². The molecule has 6 heterocycles. The molecule has 164 valence electrons. The molecule has 0 radical (unpaired) electrons. The molecule has 0 saturated carbocycles. The van der Waals surface area contributed by atoms with Gasteiger partial charge in [-0.25, -0.2) is 0 Å². The summed E-state index contributed by atoms with van der Waals surface area (Å²) < 4.78 is 4.87. The Balaban J connectivity index is 1.70. The van der Waals surface area contributed by atoms with Crippen molar-refractivity contribution >= 4 is 87.0 Å². The van der Waals surface area contributed by atoms with Crippen LogP contribution in [0.4, 0.5) is 0 Å². The van der Waals surface area contributed by atoms with Gasteiger partial charge in [-0.05, 0) is 35.0 Å². The maximum absolute atomic E-state index is 4.52. The van der Waals surface area contributed by atoms with E-state index < -0.39 is 0 Å². The molecule has 0 unspecified atom stereocenters. The number of para-hydroxylation sites is 1. The zero-order valence-electron chi connectivity index (χ0n) is 19.0. The van der Waals surface area contributed by atoms with Gasteiger partial charge in [-0.1, -0.05) is 48.5 Å². The fourth-order valence-electron chi connectivity index (χ4n) is 7.03. The summed E-state index contributed by atoms with van der Waals surface area (Å²) in [6.45, 7) is 0. The molecule has 36 heavy (non-hydrogen) atoms. The van der Waals surface area contributed by atoms with Crippen molar-refractivity contribution in [2.75, 3.05) is 0 Å². The van der Waals surface area contributed by atoms with Crippen LogP contribution in [-0.4, -0.2) is 18.8 Å². The van der Waals surface area contributed by atoms with Crippen LogP contribution < -0.4 is 0 Å². The highest BCUT2D eigenvalue weighted by atomic mass is 14.9. The Morgan fingerprint density at radius 1 is 0.444 bits per heavy atom. The first kappa shape index (κ1) is 17.5. The zero-order chi connectivity index (χ0) is 23.1. The lowest BCUT2D eigenvalue weighted by Crippen LogP contribution is -1.93. The van der Waals surface area contributed by atoms with E-state index in [9.17, 15) is 0 Å². The normalized spacial score (nSPS) is 13.0. The molecular weight excluding hydrogens is 440 g/mol. The predicted molar refractivity (Wildman–Crippen MR) is 149 cm³/mol. The van der Waals surface area contributed by atoms with Gasteiger partial charge >= 0.3 is 0 Å². The van der Waals surface area contributed by atoms with E-state index >= 15 is 0 Å². The van der Waals surface area contributed by atoms with Crippen molar-refractivity contribution in [2.45, 2.75) is 0 Å². The van der Waals surface area contributed by atoms with E-state index in [2.05, 4.69) is 91.6 Å². The molecule has 0 fully saturated rings. The van der Waals surface area contributed by atoms with E-state index in [1.165, 1.54) is 75.9 Å². The van der Waals surface area contributed by atoms with Gasteiger partial charge in [0, 0.05) is 55.5 Å². The first-order chi connectivity index (χ1) is 17.9. The maximum atomic E-state index is 4.52.